The summed E-state index contributed by atoms with van der Waals surface area (Å²) < 4.78 is 0. The van der Waals surface area contributed by atoms with E-state index in [1.54, 1.807) is 0 Å². The Balaban J connectivity index is 2.57. The molecule has 0 aromatic heterocycles. The van der Waals surface area contributed by atoms with Crippen LogP contribution in [0.5, 0.6) is 0 Å². The van der Waals surface area contributed by atoms with Crippen LogP contribution in [-0.2, 0) is 0 Å². The van der Waals surface area contributed by atoms with Gasteiger partial charge in [0.2, 0.25) is 0 Å². The molecule has 0 heterocycles. The monoisotopic (exact) mass is 252 g/mol. The van der Waals surface area contributed by atoms with E-state index in [9.17, 15) is 0 Å². The van der Waals surface area contributed by atoms with Gasteiger partial charge >= 0.3 is 0 Å². The molecule has 0 amide bonds. The fourth-order valence-corrected chi connectivity index (χ4v) is 4.31. The third kappa shape index (κ3) is 4.59. The van der Waals surface area contributed by atoms with Crippen molar-refractivity contribution in [1.82, 2.24) is 0 Å². The highest BCUT2D eigenvalue weighted by Gasteiger charge is 2.29. The van der Waals surface area contributed by atoms with Crippen molar-refractivity contribution in [2.45, 2.75) is 91.9 Å². The molecule has 108 valence electrons. The molecule has 0 aliphatic heterocycles. The van der Waals surface area contributed by atoms with Gasteiger partial charge in [0.25, 0.3) is 0 Å². The van der Waals surface area contributed by atoms with Gasteiger partial charge < -0.3 is 0 Å². The summed E-state index contributed by atoms with van der Waals surface area (Å²) in [5, 5.41) is 0. The van der Waals surface area contributed by atoms with Crippen LogP contribution in [0, 0.1) is 23.7 Å². The van der Waals surface area contributed by atoms with Crippen molar-refractivity contribution in [2.24, 2.45) is 23.7 Å². The number of hydrogen-bond donors (Lipinski definition) is 0. The Morgan fingerprint density at radius 1 is 0.778 bits per heavy atom. The zero-order chi connectivity index (χ0) is 13.4. The van der Waals surface area contributed by atoms with E-state index in [4.69, 9.17) is 0 Å². The van der Waals surface area contributed by atoms with Crippen LogP contribution in [-0.4, -0.2) is 0 Å². The molecule has 0 nitrogen and oxygen atoms in total. The van der Waals surface area contributed by atoms with Gasteiger partial charge in [-0.3, -0.25) is 0 Å². The van der Waals surface area contributed by atoms with Gasteiger partial charge in [-0.25, -0.2) is 0 Å². The third-order valence-electron chi connectivity index (χ3n) is 5.65. The highest BCUT2D eigenvalue weighted by atomic mass is 14.3. The summed E-state index contributed by atoms with van der Waals surface area (Å²) in [6.45, 7) is 9.62. The minimum Gasteiger partial charge on any atom is -0.0651 e. The summed E-state index contributed by atoms with van der Waals surface area (Å²) in [5.74, 6) is 4.06. The first kappa shape index (κ1) is 16.1. The second-order valence-electron chi connectivity index (χ2n) is 6.56. The van der Waals surface area contributed by atoms with Crippen molar-refractivity contribution in [3.8, 4) is 0 Å². The third-order valence-corrected chi connectivity index (χ3v) is 5.65. The Bertz CT molecular complexity index is 186. The average Bonchev–Trinajstić information content (AvgIpc) is 2.44. The van der Waals surface area contributed by atoms with Gasteiger partial charge in [0.05, 0.1) is 0 Å². The van der Waals surface area contributed by atoms with E-state index in [0.29, 0.717) is 0 Å². The molecule has 1 aliphatic rings. The van der Waals surface area contributed by atoms with Gasteiger partial charge in [-0.05, 0) is 30.1 Å². The van der Waals surface area contributed by atoms with Gasteiger partial charge in [-0.15, -0.1) is 0 Å². The van der Waals surface area contributed by atoms with Crippen LogP contribution in [0.3, 0.4) is 0 Å². The summed E-state index contributed by atoms with van der Waals surface area (Å²) in [4.78, 5) is 0. The van der Waals surface area contributed by atoms with Crippen LogP contribution >= 0.6 is 0 Å². The predicted octanol–water partition coefficient (Wildman–Crippen LogP) is 6.45. The van der Waals surface area contributed by atoms with Gasteiger partial charge in [0, 0.05) is 0 Å². The van der Waals surface area contributed by atoms with E-state index >= 15 is 0 Å². The fraction of sp³-hybridized carbons (Fsp3) is 1.00. The molecule has 2 atom stereocenters. The Kier molecular flexibility index (Phi) is 8.02. The molecule has 0 radical (unpaired) electrons. The minimum absolute atomic E-state index is 0.979. The molecule has 2 unspecified atom stereocenters. The molecule has 18 heavy (non-hydrogen) atoms. The molecule has 1 aliphatic carbocycles. The topological polar surface area (TPSA) is 0 Å². The summed E-state index contributed by atoms with van der Waals surface area (Å²) in [7, 11) is 0. The van der Waals surface area contributed by atoms with E-state index in [1.165, 1.54) is 64.2 Å². The normalized spacial score (nSPS) is 21.2. The molecule has 1 fully saturated rings. The van der Waals surface area contributed by atoms with Crippen LogP contribution in [0.2, 0.25) is 0 Å². The standard InChI is InChI=1S/C18H36/c1-5-15(6-2)14-16(7-3)18(8-4)17-12-10-9-11-13-17/h15-18H,5-14H2,1-4H3. The average molecular weight is 252 g/mol. The van der Waals surface area contributed by atoms with Crippen molar-refractivity contribution < 1.29 is 0 Å². The Morgan fingerprint density at radius 3 is 1.83 bits per heavy atom. The Hall–Kier alpha value is 0. The predicted molar refractivity (Wildman–Crippen MR) is 82.8 cm³/mol. The lowest BCUT2D eigenvalue weighted by Gasteiger charge is -2.36. The van der Waals surface area contributed by atoms with Crippen LogP contribution in [0.15, 0.2) is 0 Å². The second-order valence-corrected chi connectivity index (χ2v) is 6.56. The maximum atomic E-state index is 2.44. The Labute approximate surface area is 116 Å². The minimum atomic E-state index is 0.979. The maximum absolute atomic E-state index is 2.44. The van der Waals surface area contributed by atoms with E-state index in [0.717, 1.165) is 23.7 Å². The SMILES string of the molecule is CCC(CC)CC(CC)C(CC)C1CCCCC1. The molecule has 0 aromatic rings. The van der Waals surface area contributed by atoms with Crippen molar-refractivity contribution in [3.05, 3.63) is 0 Å². The first-order chi connectivity index (χ1) is 8.76. The second kappa shape index (κ2) is 8.99. The van der Waals surface area contributed by atoms with Gasteiger partial charge in [0.1, 0.15) is 0 Å². The van der Waals surface area contributed by atoms with Crippen molar-refractivity contribution in [2.75, 3.05) is 0 Å². The van der Waals surface area contributed by atoms with E-state index in [1.807, 2.05) is 0 Å². The molecule has 0 heteroatoms. The zero-order valence-corrected chi connectivity index (χ0v) is 13.4. The fourth-order valence-electron chi connectivity index (χ4n) is 4.31. The van der Waals surface area contributed by atoms with Crippen LogP contribution in [0.1, 0.15) is 91.9 Å². The smallest absolute Gasteiger partial charge is 0.0360 e. The summed E-state index contributed by atoms with van der Waals surface area (Å²) in [5.41, 5.74) is 0. The molecule has 0 bridgehead atoms. The lowest BCUT2D eigenvalue weighted by atomic mass is 9.69. The maximum Gasteiger partial charge on any atom is -0.0360 e. The van der Waals surface area contributed by atoms with Crippen molar-refractivity contribution in [3.63, 3.8) is 0 Å². The highest BCUT2D eigenvalue weighted by Crippen LogP contribution is 2.40. The van der Waals surface area contributed by atoms with Crippen molar-refractivity contribution >= 4 is 0 Å². The molecule has 1 rings (SSSR count). The molecule has 0 saturated heterocycles. The van der Waals surface area contributed by atoms with Crippen LogP contribution < -0.4 is 0 Å². The summed E-state index contributed by atoms with van der Waals surface area (Å²) in [6, 6.07) is 0. The van der Waals surface area contributed by atoms with Gasteiger partial charge in [0.15, 0.2) is 0 Å². The quantitative estimate of drug-likeness (QED) is 0.466. The van der Waals surface area contributed by atoms with E-state index < -0.39 is 0 Å². The van der Waals surface area contributed by atoms with Crippen molar-refractivity contribution in [1.29, 1.82) is 0 Å². The lowest BCUT2D eigenvalue weighted by Crippen LogP contribution is -2.26. The highest BCUT2D eigenvalue weighted by molar-refractivity contribution is 4.79. The van der Waals surface area contributed by atoms with Crippen LogP contribution in [0.4, 0.5) is 0 Å². The molecular formula is C18H36. The van der Waals surface area contributed by atoms with Crippen LogP contribution in [0.25, 0.3) is 0 Å². The largest absolute Gasteiger partial charge is 0.0651 e. The first-order valence-corrected chi connectivity index (χ1v) is 8.76. The number of hydrogen-bond acceptors (Lipinski definition) is 0. The van der Waals surface area contributed by atoms with E-state index in [2.05, 4.69) is 27.7 Å². The molecule has 1 saturated carbocycles. The first-order valence-electron chi connectivity index (χ1n) is 8.76. The molecule has 0 spiro atoms. The molecule has 0 aromatic carbocycles. The molecule has 0 N–H and O–H groups in total. The number of rotatable bonds is 8. The summed E-state index contributed by atoms with van der Waals surface area (Å²) in [6.07, 6.45) is 14.6. The Morgan fingerprint density at radius 2 is 1.39 bits per heavy atom. The lowest BCUT2D eigenvalue weighted by molar-refractivity contribution is 0.143. The zero-order valence-electron chi connectivity index (χ0n) is 13.4. The summed E-state index contributed by atoms with van der Waals surface area (Å²) >= 11 is 0. The van der Waals surface area contributed by atoms with E-state index in [-0.39, 0.29) is 0 Å². The van der Waals surface area contributed by atoms with Gasteiger partial charge in [-0.1, -0.05) is 85.5 Å². The molecular weight excluding hydrogens is 216 g/mol. The van der Waals surface area contributed by atoms with Gasteiger partial charge in [-0.2, -0.15) is 0 Å².